The average Bonchev–Trinajstić information content (AvgIpc) is 2.46. The van der Waals surface area contributed by atoms with E-state index >= 15 is 0 Å². The molecule has 1 aromatic rings. The van der Waals surface area contributed by atoms with Crippen molar-refractivity contribution in [1.82, 2.24) is 0 Å². The van der Waals surface area contributed by atoms with Crippen molar-refractivity contribution in [2.45, 2.75) is 0 Å². The molecule has 20 heavy (non-hydrogen) atoms. The summed E-state index contributed by atoms with van der Waals surface area (Å²) in [7, 11) is 0. The molecule has 0 bridgehead atoms. The first kappa shape index (κ1) is 16.7. The second-order valence-corrected chi connectivity index (χ2v) is 3.95. The van der Waals surface area contributed by atoms with Gasteiger partial charge in [0, 0.05) is 0 Å². The van der Waals surface area contributed by atoms with Crippen molar-refractivity contribution in [2.75, 3.05) is 58.6 Å². The van der Waals surface area contributed by atoms with Gasteiger partial charge in [0.05, 0.1) is 51.9 Å². The van der Waals surface area contributed by atoms with Gasteiger partial charge in [-0.25, -0.2) is 0 Å². The van der Waals surface area contributed by atoms with Crippen LogP contribution < -0.4 is 10.5 Å². The molecule has 0 aliphatic rings. The van der Waals surface area contributed by atoms with E-state index < -0.39 is 0 Å². The number of para-hydroxylation sites is 2. The minimum atomic E-state index is 0.0367. The Morgan fingerprint density at radius 2 is 1.35 bits per heavy atom. The lowest BCUT2D eigenvalue weighted by Gasteiger charge is -2.09. The summed E-state index contributed by atoms with van der Waals surface area (Å²) in [4.78, 5) is 0. The van der Waals surface area contributed by atoms with Gasteiger partial charge in [-0.3, -0.25) is 0 Å². The largest absolute Gasteiger partial charge is 0.489 e. The molecule has 0 amide bonds. The third-order valence-corrected chi connectivity index (χ3v) is 2.38. The molecule has 0 radical (unpaired) electrons. The van der Waals surface area contributed by atoms with Gasteiger partial charge < -0.3 is 29.8 Å². The first-order valence-corrected chi connectivity index (χ1v) is 6.66. The van der Waals surface area contributed by atoms with Crippen LogP contribution in [0.1, 0.15) is 0 Å². The molecule has 0 atom stereocenters. The SMILES string of the molecule is Nc1ccccc1OCCOCCOCCOCCO. The number of aliphatic hydroxyl groups excluding tert-OH is 1. The topological polar surface area (TPSA) is 83.2 Å². The van der Waals surface area contributed by atoms with E-state index in [2.05, 4.69) is 0 Å². The predicted octanol–water partition coefficient (Wildman–Crippen LogP) is 0.690. The second-order valence-electron chi connectivity index (χ2n) is 3.95. The molecule has 0 aromatic heterocycles. The Morgan fingerprint density at radius 1 is 0.800 bits per heavy atom. The number of nitrogen functional groups attached to an aromatic ring is 1. The lowest BCUT2D eigenvalue weighted by atomic mass is 10.3. The Kier molecular flexibility index (Phi) is 9.60. The number of rotatable bonds is 12. The molecule has 1 rings (SSSR count). The standard InChI is InChI=1S/C14H23NO5/c15-13-3-1-2-4-14(13)20-12-11-19-10-9-18-8-7-17-6-5-16/h1-4,16H,5-12,15H2. The van der Waals surface area contributed by atoms with Crippen LogP contribution in [-0.2, 0) is 14.2 Å². The van der Waals surface area contributed by atoms with Crippen LogP contribution in [0.2, 0.25) is 0 Å². The van der Waals surface area contributed by atoms with Crippen LogP contribution in [0.3, 0.4) is 0 Å². The predicted molar refractivity (Wildman–Crippen MR) is 75.9 cm³/mol. The molecule has 6 heteroatoms. The molecule has 0 saturated heterocycles. The van der Waals surface area contributed by atoms with Gasteiger partial charge >= 0.3 is 0 Å². The second kappa shape index (κ2) is 11.5. The summed E-state index contributed by atoms with van der Waals surface area (Å²) >= 11 is 0. The maximum Gasteiger partial charge on any atom is 0.142 e. The van der Waals surface area contributed by atoms with E-state index in [0.29, 0.717) is 57.7 Å². The Bertz CT molecular complexity index is 348. The lowest BCUT2D eigenvalue weighted by Crippen LogP contribution is -2.13. The maximum atomic E-state index is 8.48. The van der Waals surface area contributed by atoms with E-state index in [4.69, 9.17) is 29.8 Å². The van der Waals surface area contributed by atoms with Crippen molar-refractivity contribution in [3.63, 3.8) is 0 Å². The molecular weight excluding hydrogens is 262 g/mol. The molecule has 0 fully saturated rings. The summed E-state index contributed by atoms with van der Waals surface area (Å²) < 4.78 is 21.1. The van der Waals surface area contributed by atoms with Crippen LogP contribution in [0.15, 0.2) is 24.3 Å². The van der Waals surface area contributed by atoms with Crippen LogP contribution in [0.25, 0.3) is 0 Å². The molecule has 114 valence electrons. The number of aliphatic hydroxyl groups is 1. The zero-order chi connectivity index (χ0) is 14.5. The summed E-state index contributed by atoms with van der Waals surface area (Å²) in [6.45, 7) is 3.32. The smallest absolute Gasteiger partial charge is 0.142 e. The van der Waals surface area contributed by atoms with E-state index in [-0.39, 0.29) is 6.61 Å². The van der Waals surface area contributed by atoms with Gasteiger partial charge in [0.2, 0.25) is 0 Å². The van der Waals surface area contributed by atoms with Gasteiger partial charge in [-0.1, -0.05) is 12.1 Å². The zero-order valence-corrected chi connectivity index (χ0v) is 11.6. The summed E-state index contributed by atoms with van der Waals surface area (Å²) in [6.07, 6.45) is 0. The fourth-order valence-corrected chi connectivity index (χ4v) is 1.43. The summed E-state index contributed by atoms with van der Waals surface area (Å²) in [6, 6.07) is 7.35. The minimum Gasteiger partial charge on any atom is -0.489 e. The molecule has 0 aliphatic carbocycles. The van der Waals surface area contributed by atoms with Crippen molar-refractivity contribution in [3.8, 4) is 5.75 Å². The van der Waals surface area contributed by atoms with E-state index in [1.54, 1.807) is 6.07 Å². The average molecular weight is 285 g/mol. The van der Waals surface area contributed by atoms with Crippen LogP contribution in [0, 0.1) is 0 Å². The molecule has 1 aromatic carbocycles. The number of hydrogen-bond donors (Lipinski definition) is 2. The fraction of sp³-hybridized carbons (Fsp3) is 0.571. The number of benzene rings is 1. The van der Waals surface area contributed by atoms with E-state index in [0.717, 1.165) is 0 Å². The lowest BCUT2D eigenvalue weighted by molar-refractivity contribution is 0.00364. The van der Waals surface area contributed by atoms with E-state index in [9.17, 15) is 0 Å². The van der Waals surface area contributed by atoms with Gasteiger partial charge in [-0.15, -0.1) is 0 Å². The number of nitrogens with two attached hydrogens (primary N) is 1. The normalized spacial score (nSPS) is 10.7. The Morgan fingerprint density at radius 3 is 1.95 bits per heavy atom. The highest BCUT2D eigenvalue weighted by Gasteiger charge is 1.98. The third kappa shape index (κ3) is 7.96. The molecule has 3 N–H and O–H groups in total. The maximum absolute atomic E-state index is 8.48. The van der Waals surface area contributed by atoms with Crippen molar-refractivity contribution >= 4 is 5.69 Å². The molecule has 0 spiro atoms. The Balaban J connectivity index is 1.87. The van der Waals surface area contributed by atoms with Gasteiger partial charge in [0.15, 0.2) is 0 Å². The quantitative estimate of drug-likeness (QED) is 0.434. The third-order valence-electron chi connectivity index (χ3n) is 2.38. The highest BCUT2D eigenvalue weighted by Crippen LogP contribution is 2.19. The van der Waals surface area contributed by atoms with Crippen LogP contribution in [0.4, 0.5) is 5.69 Å². The highest BCUT2D eigenvalue weighted by atomic mass is 16.6. The van der Waals surface area contributed by atoms with Crippen LogP contribution >= 0.6 is 0 Å². The van der Waals surface area contributed by atoms with Gasteiger partial charge in [-0.05, 0) is 12.1 Å². The molecule has 0 heterocycles. The molecule has 6 nitrogen and oxygen atoms in total. The van der Waals surface area contributed by atoms with Crippen molar-refractivity contribution in [3.05, 3.63) is 24.3 Å². The first-order valence-electron chi connectivity index (χ1n) is 6.66. The van der Waals surface area contributed by atoms with Crippen LogP contribution in [-0.4, -0.2) is 58.0 Å². The molecular formula is C14H23NO5. The Labute approximate surface area is 119 Å². The van der Waals surface area contributed by atoms with Crippen molar-refractivity contribution < 1.29 is 24.1 Å². The summed E-state index contributed by atoms with van der Waals surface area (Å²) in [5, 5.41) is 8.48. The highest BCUT2D eigenvalue weighted by molar-refractivity contribution is 5.51. The zero-order valence-electron chi connectivity index (χ0n) is 11.6. The van der Waals surface area contributed by atoms with Gasteiger partial charge in [0.1, 0.15) is 12.4 Å². The minimum absolute atomic E-state index is 0.0367. The van der Waals surface area contributed by atoms with Gasteiger partial charge in [-0.2, -0.15) is 0 Å². The molecule has 0 unspecified atom stereocenters. The molecule has 0 saturated carbocycles. The number of ether oxygens (including phenoxy) is 4. The first-order chi connectivity index (χ1) is 9.84. The van der Waals surface area contributed by atoms with E-state index in [1.807, 2.05) is 18.2 Å². The van der Waals surface area contributed by atoms with Crippen molar-refractivity contribution in [2.24, 2.45) is 0 Å². The number of hydrogen-bond acceptors (Lipinski definition) is 6. The Hall–Kier alpha value is -1.34. The fourth-order valence-electron chi connectivity index (χ4n) is 1.43. The number of anilines is 1. The van der Waals surface area contributed by atoms with Gasteiger partial charge in [0.25, 0.3) is 0 Å². The van der Waals surface area contributed by atoms with E-state index in [1.165, 1.54) is 0 Å². The summed E-state index contributed by atoms with van der Waals surface area (Å²) in [5.74, 6) is 0.674. The van der Waals surface area contributed by atoms with Crippen LogP contribution in [0.5, 0.6) is 5.75 Å². The van der Waals surface area contributed by atoms with Crippen molar-refractivity contribution in [1.29, 1.82) is 0 Å². The monoisotopic (exact) mass is 285 g/mol. The molecule has 0 aliphatic heterocycles. The summed E-state index contributed by atoms with van der Waals surface area (Å²) in [5.41, 5.74) is 6.36.